The largest absolute Gasteiger partial charge is 0.461 e. The number of halogens is 2. The van der Waals surface area contributed by atoms with Gasteiger partial charge in [-0.15, -0.1) is 0 Å². The van der Waals surface area contributed by atoms with Crippen LogP contribution in [-0.2, 0) is 59.6 Å². The minimum absolute atomic E-state index is 0.0224. The van der Waals surface area contributed by atoms with Gasteiger partial charge in [0.1, 0.15) is 24.9 Å². The molecule has 0 aromatic heterocycles. The number of rotatable bonds is 16. The molecule has 10 heteroatoms. The fourth-order valence-corrected chi connectivity index (χ4v) is 5.47. The molecule has 0 bridgehead atoms. The second kappa shape index (κ2) is 16.9. The number of hydrogen-bond donors (Lipinski definition) is 1. The molecule has 1 heterocycles. The Balaban J connectivity index is 1.54. The van der Waals surface area contributed by atoms with Crippen LogP contribution in [0, 0.1) is 0 Å². The van der Waals surface area contributed by atoms with Gasteiger partial charge < -0.3 is 33.5 Å². The molecule has 5 rings (SSSR count). The maximum Gasteiger partial charge on any atom is 0.379 e. The number of hydrogen-bond acceptors (Lipinski definition) is 8. The van der Waals surface area contributed by atoms with Gasteiger partial charge in [-0.1, -0.05) is 121 Å². The molecular formula is C38H40F2O8. The van der Waals surface area contributed by atoms with Crippen LogP contribution in [0.15, 0.2) is 121 Å². The predicted octanol–water partition coefficient (Wildman–Crippen LogP) is 6.25. The van der Waals surface area contributed by atoms with Gasteiger partial charge in [0.15, 0.2) is 6.10 Å². The van der Waals surface area contributed by atoms with E-state index in [4.69, 9.17) is 28.4 Å². The highest BCUT2D eigenvalue weighted by Gasteiger charge is 2.65. The highest BCUT2D eigenvalue weighted by atomic mass is 19.3. The van der Waals surface area contributed by atoms with Crippen molar-refractivity contribution < 1.29 is 47.1 Å². The van der Waals surface area contributed by atoms with Crippen LogP contribution in [0.1, 0.15) is 29.2 Å². The quantitative estimate of drug-likeness (QED) is 0.141. The Hall–Kier alpha value is -4.03. The van der Waals surface area contributed by atoms with Crippen molar-refractivity contribution in [2.75, 3.05) is 13.2 Å². The summed E-state index contributed by atoms with van der Waals surface area (Å²) in [7, 11) is 0. The molecule has 48 heavy (non-hydrogen) atoms. The standard InChI is InChI=1S/C38H40F2O8/c1-2-44-36(41)38(39,40)35-33(46-25-30-19-11-5-12-20-30)32(45-24-29-17-9-4-10-18-29)34(47-26-31-21-13-6-14-22-31)37(42,48-35)27-43-23-28-15-7-3-8-16-28/h3-22,32-35,42H,2,23-27H2,1H3/t32-,33?,34?,35?,37-/m1/s1. The van der Waals surface area contributed by atoms with Gasteiger partial charge in [0.05, 0.1) is 33.0 Å². The molecule has 0 aliphatic carbocycles. The fraction of sp³-hybridized carbons (Fsp3) is 0.342. The molecule has 0 amide bonds. The number of ether oxygens (including phenoxy) is 6. The Kier molecular flexibility index (Phi) is 12.4. The summed E-state index contributed by atoms with van der Waals surface area (Å²) in [4.78, 5) is 12.8. The number of esters is 1. The first kappa shape index (κ1) is 35.3. The SMILES string of the molecule is CCOC(=O)C(F)(F)C1O[C@](O)(COCc2ccccc2)C(OCc2ccccc2)[C@H](OCc2ccccc2)C1OCc1ccccc1. The van der Waals surface area contributed by atoms with E-state index in [-0.39, 0.29) is 33.0 Å². The number of alkyl halides is 2. The molecule has 254 valence electrons. The lowest BCUT2D eigenvalue weighted by atomic mass is 9.88. The zero-order valence-electron chi connectivity index (χ0n) is 26.7. The van der Waals surface area contributed by atoms with Gasteiger partial charge in [0.25, 0.3) is 0 Å². The van der Waals surface area contributed by atoms with Crippen LogP contribution >= 0.6 is 0 Å². The Morgan fingerprint density at radius 3 is 1.56 bits per heavy atom. The molecule has 1 aliphatic rings. The van der Waals surface area contributed by atoms with Crippen LogP contribution < -0.4 is 0 Å². The van der Waals surface area contributed by atoms with Crippen molar-refractivity contribution >= 4 is 5.97 Å². The van der Waals surface area contributed by atoms with Crippen molar-refractivity contribution in [1.29, 1.82) is 0 Å². The lowest BCUT2D eigenvalue weighted by Crippen LogP contribution is -2.71. The van der Waals surface area contributed by atoms with Crippen LogP contribution in [0.2, 0.25) is 0 Å². The molecule has 1 aliphatic heterocycles. The van der Waals surface area contributed by atoms with E-state index in [0.717, 1.165) is 16.7 Å². The van der Waals surface area contributed by atoms with E-state index in [9.17, 15) is 9.90 Å². The Bertz CT molecular complexity index is 1530. The van der Waals surface area contributed by atoms with Crippen molar-refractivity contribution in [3.8, 4) is 0 Å². The summed E-state index contributed by atoms with van der Waals surface area (Å²) in [6, 6.07) is 36.4. The average Bonchev–Trinajstić information content (AvgIpc) is 3.11. The van der Waals surface area contributed by atoms with Crippen molar-refractivity contribution in [2.24, 2.45) is 0 Å². The van der Waals surface area contributed by atoms with Gasteiger partial charge in [-0.25, -0.2) is 4.79 Å². The molecule has 0 spiro atoms. The number of benzene rings is 4. The first-order valence-electron chi connectivity index (χ1n) is 15.8. The second-order valence-electron chi connectivity index (χ2n) is 11.4. The Morgan fingerprint density at radius 1 is 0.688 bits per heavy atom. The Morgan fingerprint density at radius 2 is 1.10 bits per heavy atom. The van der Waals surface area contributed by atoms with E-state index in [0.29, 0.717) is 5.56 Å². The molecule has 4 aromatic rings. The van der Waals surface area contributed by atoms with Gasteiger partial charge in [-0.05, 0) is 29.2 Å². The minimum Gasteiger partial charge on any atom is -0.461 e. The van der Waals surface area contributed by atoms with Gasteiger partial charge >= 0.3 is 11.9 Å². The summed E-state index contributed by atoms with van der Waals surface area (Å²) in [5, 5.41) is 12.2. The predicted molar refractivity (Wildman–Crippen MR) is 173 cm³/mol. The summed E-state index contributed by atoms with van der Waals surface area (Å²) < 4.78 is 67.7. The molecular weight excluding hydrogens is 622 g/mol. The highest BCUT2D eigenvalue weighted by Crippen LogP contribution is 2.41. The number of carbonyl (C=O) groups is 1. The van der Waals surface area contributed by atoms with Crippen LogP contribution in [0.5, 0.6) is 0 Å². The Labute approximate surface area is 279 Å². The van der Waals surface area contributed by atoms with E-state index >= 15 is 8.78 Å². The maximum absolute atomic E-state index is 16.2. The van der Waals surface area contributed by atoms with Crippen LogP contribution in [0.4, 0.5) is 8.78 Å². The summed E-state index contributed by atoms with van der Waals surface area (Å²) >= 11 is 0. The van der Waals surface area contributed by atoms with E-state index < -0.39 is 48.7 Å². The van der Waals surface area contributed by atoms with Crippen LogP contribution in [-0.4, -0.2) is 60.4 Å². The molecule has 4 aromatic carbocycles. The first-order valence-corrected chi connectivity index (χ1v) is 15.8. The molecule has 5 atom stereocenters. The van der Waals surface area contributed by atoms with Gasteiger partial charge in [0, 0.05) is 0 Å². The van der Waals surface area contributed by atoms with Crippen molar-refractivity contribution in [1.82, 2.24) is 0 Å². The highest BCUT2D eigenvalue weighted by molar-refractivity contribution is 5.78. The second-order valence-corrected chi connectivity index (χ2v) is 11.4. The lowest BCUT2D eigenvalue weighted by molar-refractivity contribution is -0.396. The molecule has 1 N–H and O–H groups in total. The third kappa shape index (κ3) is 9.10. The van der Waals surface area contributed by atoms with Gasteiger partial charge in [0.2, 0.25) is 5.79 Å². The number of aliphatic hydroxyl groups is 1. The normalized spacial score (nSPS) is 22.7. The average molecular weight is 663 g/mol. The molecule has 3 unspecified atom stereocenters. The van der Waals surface area contributed by atoms with Crippen molar-refractivity contribution in [3.05, 3.63) is 144 Å². The molecule has 1 saturated heterocycles. The number of carbonyl (C=O) groups excluding carboxylic acids is 1. The lowest BCUT2D eigenvalue weighted by Gasteiger charge is -2.51. The van der Waals surface area contributed by atoms with E-state index in [1.54, 1.807) is 24.3 Å². The van der Waals surface area contributed by atoms with Crippen LogP contribution in [0.3, 0.4) is 0 Å². The zero-order chi connectivity index (χ0) is 33.8. The van der Waals surface area contributed by atoms with Gasteiger partial charge in [-0.2, -0.15) is 8.78 Å². The van der Waals surface area contributed by atoms with E-state index in [1.165, 1.54) is 6.92 Å². The zero-order valence-corrected chi connectivity index (χ0v) is 26.7. The third-order valence-electron chi connectivity index (χ3n) is 7.86. The van der Waals surface area contributed by atoms with Crippen molar-refractivity contribution in [2.45, 2.75) is 69.5 Å². The molecule has 1 fully saturated rings. The van der Waals surface area contributed by atoms with E-state index in [1.807, 2.05) is 97.1 Å². The van der Waals surface area contributed by atoms with Crippen LogP contribution in [0.25, 0.3) is 0 Å². The third-order valence-corrected chi connectivity index (χ3v) is 7.86. The molecule has 0 saturated carbocycles. The van der Waals surface area contributed by atoms with Gasteiger partial charge in [-0.3, -0.25) is 0 Å². The topological polar surface area (TPSA) is 92.7 Å². The summed E-state index contributed by atoms with van der Waals surface area (Å²) in [5.41, 5.74) is 2.97. The molecule has 8 nitrogen and oxygen atoms in total. The summed E-state index contributed by atoms with van der Waals surface area (Å²) in [6.45, 7) is 0.396. The van der Waals surface area contributed by atoms with Crippen molar-refractivity contribution in [3.63, 3.8) is 0 Å². The monoisotopic (exact) mass is 662 g/mol. The maximum atomic E-state index is 16.2. The fourth-order valence-electron chi connectivity index (χ4n) is 5.47. The minimum atomic E-state index is -4.26. The first-order chi connectivity index (χ1) is 23.3. The summed E-state index contributed by atoms with van der Waals surface area (Å²) in [6.07, 6.45) is -6.74. The summed E-state index contributed by atoms with van der Waals surface area (Å²) in [5.74, 6) is -8.59. The molecule has 0 radical (unpaired) electrons. The van der Waals surface area contributed by atoms with E-state index in [2.05, 4.69) is 0 Å². The smallest absolute Gasteiger partial charge is 0.379 e.